The molecule has 0 aliphatic heterocycles. The quantitative estimate of drug-likeness (QED) is 0.335. The van der Waals surface area contributed by atoms with Crippen molar-refractivity contribution < 1.29 is 17.9 Å². The number of thiol groups is 1. The van der Waals surface area contributed by atoms with Crippen LogP contribution in [0.5, 0.6) is 5.75 Å². The van der Waals surface area contributed by atoms with Gasteiger partial charge in [0.1, 0.15) is 5.75 Å². The Labute approximate surface area is 160 Å². The van der Waals surface area contributed by atoms with Crippen molar-refractivity contribution in [1.82, 2.24) is 0 Å². The molecule has 0 N–H and O–H groups in total. The highest BCUT2D eigenvalue weighted by Crippen LogP contribution is 2.41. The Morgan fingerprint density at radius 1 is 1.04 bits per heavy atom. The minimum atomic E-state index is -4.72. The van der Waals surface area contributed by atoms with E-state index in [2.05, 4.69) is 24.3 Å². The minimum Gasteiger partial charge on any atom is -0.405 e. The van der Waals surface area contributed by atoms with Gasteiger partial charge >= 0.3 is 6.36 Å². The van der Waals surface area contributed by atoms with Crippen molar-refractivity contribution in [1.29, 1.82) is 0 Å². The van der Waals surface area contributed by atoms with E-state index >= 15 is 0 Å². The third-order valence-electron chi connectivity index (χ3n) is 4.11. The monoisotopic (exact) mass is 396 g/mol. The third-order valence-corrected chi connectivity index (χ3v) is 5.52. The second-order valence-electron chi connectivity index (χ2n) is 6.17. The molecule has 0 aliphatic carbocycles. The summed E-state index contributed by atoms with van der Waals surface area (Å²) in [6.07, 6.45) is -0.892. The highest BCUT2D eigenvalue weighted by atomic mass is 32.1. The SMILES string of the molecule is CCCCCc1ccc(-c2cc3ccc(S)cc3s2)c(OC(F)(F)F)c1. The first-order valence-corrected chi connectivity index (χ1v) is 9.73. The Balaban J connectivity index is 2.00. The number of ether oxygens (including phenoxy) is 1. The standard InChI is InChI=1S/C20H19F3OS2/c1-2-3-4-5-13-6-9-16(17(10-13)24-20(21,22)23)19-11-14-7-8-15(25)12-18(14)26-19/h6-12,25H,2-5H2,1H3. The van der Waals surface area contributed by atoms with Gasteiger partial charge in [0.25, 0.3) is 0 Å². The number of aryl methyl sites for hydroxylation is 1. The van der Waals surface area contributed by atoms with Gasteiger partial charge in [-0.15, -0.1) is 37.1 Å². The molecule has 2 aromatic carbocycles. The number of alkyl halides is 3. The summed E-state index contributed by atoms with van der Waals surface area (Å²) in [6.45, 7) is 2.10. The van der Waals surface area contributed by atoms with Crippen molar-refractivity contribution >= 4 is 34.1 Å². The molecule has 26 heavy (non-hydrogen) atoms. The number of halogens is 3. The van der Waals surface area contributed by atoms with Crippen molar-refractivity contribution in [2.45, 2.75) is 43.9 Å². The van der Waals surface area contributed by atoms with Crippen LogP contribution in [0, 0.1) is 0 Å². The molecule has 1 aromatic heterocycles. The molecule has 3 rings (SSSR count). The molecule has 0 saturated heterocycles. The Bertz CT molecular complexity index is 900. The lowest BCUT2D eigenvalue weighted by Gasteiger charge is -2.14. The van der Waals surface area contributed by atoms with E-state index in [-0.39, 0.29) is 5.75 Å². The number of thiophene rings is 1. The molecule has 1 nitrogen and oxygen atoms in total. The van der Waals surface area contributed by atoms with Gasteiger partial charge < -0.3 is 4.74 Å². The lowest BCUT2D eigenvalue weighted by molar-refractivity contribution is -0.274. The summed E-state index contributed by atoms with van der Waals surface area (Å²) in [7, 11) is 0. The molecule has 0 amide bonds. The Kier molecular flexibility index (Phi) is 5.82. The van der Waals surface area contributed by atoms with Gasteiger partial charge in [-0.05, 0) is 54.1 Å². The number of rotatable bonds is 6. The van der Waals surface area contributed by atoms with E-state index in [9.17, 15) is 13.2 Å². The van der Waals surface area contributed by atoms with Gasteiger partial charge in [-0.2, -0.15) is 0 Å². The van der Waals surface area contributed by atoms with E-state index in [0.717, 1.165) is 51.1 Å². The first-order chi connectivity index (χ1) is 12.4. The summed E-state index contributed by atoms with van der Waals surface area (Å²) in [5.74, 6) is -0.135. The maximum absolute atomic E-state index is 12.9. The van der Waals surface area contributed by atoms with E-state index in [1.54, 1.807) is 6.07 Å². The van der Waals surface area contributed by atoms with Crippen LogP contribution in [0.3, 0.4) is 0 Å². The van der Waals surface area contributed by atoms with Crippen LogP contribution in [0.2, 0.25) is 0 Å². The van der Waals surface area contributed by atoms with Gasteiger partial charge in [0.2, 0.25) is 0 Å². The first kappa shape index (κ1) is 19.1. The van der Waals surface area contributed by atoms with Gasteiger partial charge in [-0.25, -0.2) is 0 Å². The van der Waals surface area contributed by atoms with Gasteiger partial charge in [-0.3, -0.25) is 0 Å². The zero-order chi connectivity index (χ0) is 18.7. The number of unbranched alkanes of at least 4 members (excludes halogenated alkanes) is 2. The van der Waals surface area contributed by atoms with E-state index in [4.69, 9.17) is 0 Å². The van der Waals surface area contributed by atoms with Crippen LogP contribution >= 0.6 is 24.0 Å². The number of hydrogen-bond acceptors (Lipinski definition) is 3. The molecular formula is C20H19F3OS2. The molecular weight excluding hydrogens is 377 g/mol. The molecule has 0 radical (unpaired) electrons. The summed E-state index contributed by atoms with van der Waals surface area (Å²) in [6, 6.07) is 12.7. The van der Waals surface area contributed by atoms with Crippen molar-refractivity contribution in [3.05, 3.63) is 48.0 Å². The van der Waals surface area contributed by atoms with Gasteiger partial charge in [0.15, 0.2) is 0 Å². The number of fused-ring (bicyclic) bond motifs is 1. The van der Waals surface area contributed by atoms with Crippen LogP contribution in [0.4, 0.5) is 13.2 Å². The normalized spacial score (nSPS) is 11.9. The fourth-order valence-corrected chi connectivity index (χ4v) is 4.29. The van der Waals surface area contributed by atoms with Crippen LogP contribution in [0.1, 0.15) is 31.7 Å². The molecule has 3 aromatic rings. The lowest BCUT2D eigenvalue weighted by Crippen LogP contribution is -2.17. The molecule has 0 saturated carbocycles. The Morgan fingerprint density at radius 3 is 2.58 bits per heavy atom. The topological polar surface area (TPSA) is 9.23 Å². The Morgan fingerprint density at radius 2 is 1.85 bits per heavy atom. The Hall–Kier alpha value is -1.66. The summed E-state index contributed by atoms with van der Waals surface area (Å²) >= 11 is 5.76. The van der Waals surface area contributed by atoms with Gasteiger partial charge in [0, 0.05) is 20.0 Å². The van der Waals surface area contributed by atoms with Crippen LogP contribution < -0.4 is 4.74 Å². The van der Waals surface area contributed by atoms with Crippen molar-refractivity contribution in [2.75, 3.05) is 0 Å². The molecule has 0 bridgehead atoms. The fourth-order valence-electron chi connectivity index (χ4n) is 2.87. The fraction of sp³-hybridized carbons (Fsp3) is 0.300. The first-order valence-electron chi connectivity index (χ1n) is 8.47. The molecule has 138 valence electrons. The van der Waals surface area contributed by atoms with Crippen LogP contribution in [-0.4, -0.2) is 6.36 Å². The van der Waals surface area contributed by atoms with E-state index in [1.165, 1.54) is 17.4 Å². The van der Waals surface area contributed by atoms with Crippen molar-refractivity contribution in [3.63, 3.8) is 0 Å². The predicted octanol–water partition coefficient (Wildman–Crippen LogP) is 7.49. The maximum atomic E-state index is 12.9. The summed E-state index contributed by atoms with van der Waals surface area (Å²) in [5, 5.41) is 0.979. The second kappa shape index (κ2) is 7.92. The average Bonchev–Trinajstić information content (AvgIpc) is 2.96. The van der Waals surface area contributed by atoms with Crippen LogP contribution in [0.25, 0.3) is 20.5 Å². The van der Waals surface area contributed by atoms with Crippen molar-refractivity contribution in [2.24, 2.45) is 0 Å². The van der Waals surface area contributed by atoms with Crippen LogP contribution in [-0.2, 0) is 6.42 Å². The second-order valence-corrected chi connectivity index (χ2v) is 7.77. The van der Waals surface area contributed by atoms with E-state index in [1.807, 2.05) is 30.3 Å². The van der Waals surface area contributed by atoms with Crippen LogP contribution in [0.15, 0.2) is 47.4 Å². The third kappa shape index (κ3) is 4.74. The zero-order valence-corrected chi connectivity index (χ0v) is 16.0. The van der Waals surface area contributed by atoms with Gasteiger partial charge in [0.05, 0.1) is 0 Å². The molecule has 1 heterocycles. The highest BCUT2D eigenvalue weighted by Gasteiger charge is 2.32. The molecule has 0 spiro atoms. The maximum Gasteiger partial charge on any atom is 0.573 e. The number of benzene rings is 2. The van der Waals surface area contributed by atoms with Gasteiger partial charge in [-0.1, -0.05) is 31.9 Å². The largest absolute Gasteiger partial charge is 0.573 e. The minimum absolute atomic E-state index is 0.135. The molecule has 0 atom stereocenters. The zero-order valence-electron chi connectivity index (χ0n) is 14.3. The van der Waals surface area contributed by atoms with Crippen molar-refractivity contribution in [3.8, 4) is 16.2 Å². The number of hydrogen-bond donors (Lipinski definition) is 1. The summed E-state index contributed by atoms with van der Waals surface area (Å²) in [4.78, 5) is 1.57. The molecule has 0 aliphatic rings. The molecule has 6 heteroatoms. The van der Waals surface area contributed by atoms with E-state index in [0.29, 0.717) is 5.56 Å². The summed E-state index contributed by atoms with van der Waals surface area (Å²) in [5.41, 5.74) is 1.32. The average molecular weight is 396 g/mol. The summed E-state index contributed by atoms with van der Waals surface area (Å²) < 4.78 is 44.0. The lowest BCUT2D eigenvalue weighted by atomic mass is 10.0. The highest BCUT2D eigenvalue weighted by molar-refractivity contribution is 7.80. The predicted molar refractivity (Wildman–Crippen MR) is 104 cm³/mol. The smallest absolute Gasteiger partial charge is 0.405 e. The van der Waals surface area contributed by atoms with E-state index < -0.39 is 6.36 Å². The molecule has 0 fully saturated rings. The molecule has 0 unspecified atom stereocenters.